The number of aryl methyl sites for hydroxylation is 3. The molecule has 0 radical (unpaired) electrons. The van der Waals surface area contributed by atoms with Crippen LogP contribution in [0.2, 0.25) is 0 Å². The first-order valence-electron chi connectivity index (χ1n) is 14.7. The number of aliphatic hydroxyl groups excluding tert-OH is 1. The molecule has 0 saturated carbocycles. The normalized spacial score (nSPS) is 21.0. The number of benzene rings is 1. The molecule has 218 valence electrons. The Kier molecular flexibility index (Phi) is 7.12. The molecule has 1 fully saturated rings. The number of carbonyl (C=O) groups is 1. The summed E-state index contributed by atoms with van der Waals surface area (Å²) in [6, 6.07) is 4.32. The summed E-state index contributed by atoms with van der Waals surface area (Å²) in [7, 11) is 0. The van der Waals surface area contributed by atoms with Crippen LogP contribution in [-0.4, -0.2) is 34.8 Å². The number of esters is 1. The number of allylic oxidation sites excluding steroid dienone is 12. The molecule has 0 atom stereocenters. The number of nitrogens with zero attached hydrogens (tertiary/aromatic N) is 3. The highest BCUT2D eigenvalue weighted by atomic mass is 16.5. The zero-order chi connectivity index (χ0) is 30.5. The van der Waals surface area contributed by atoms with Gasteiger partial charge in [0.15, 0.2) is 0 Å². The summed E-state index contributed by atoms with van der Waals surface area (Å²) >= 11 is 0. The van der Waals surface area contributed by atoms with Crippen LogP contribution in [0, 0.1) is 26.2 Å². The summed E-state index contributed by atoms with van der Waals surface area (Å²) < 4.78 is 5.14. The lowest BCUT2D eigenvalue weighted by Crippen LogP contribution is -2.14. The summed E-state index contributed by atoms with van der Waals surface area (Å²) in [4.78, 5) is 27.4. The molecule has 7 nitrogen and oxygen atoms in total. The van der Waals surface area contributed by atoms with E-state index in [4.69, 9.17) is 19.7 Å². The summed E-state index contributed by atoms with van der Waals surface area (Å²) in [5.41, 5.74) is 12.2. The van der Waals surface area contributed by atoms with Gasteiger partial charge in [0.2, 0.25) is 0 Å². The molecule has 6 rings (SSSR count). The van der Waals surface area contributed by atoms with Crippen LogP contribution in [0.25, 0.3) is 5.57 Å². The Morgan fingerprint density at radius 3 is 2.42 bits per heavy atom. The van der Waals surface area contributed by atoms with Crippen molar-refractivity contribution in [2.45, 2.75) is 54.4 Å². The number of aliphatic imine (C=N–C) groups is 3. The highest BCUT2D eigenvalue weighted by Crippen LogP contribution is 2.42. The lowest BCUT2D eigenvalue weighted by molar-refractivity contribution is -0.142. The fraction of sp³-hybridized carbons (Fsp3) is 0.278. The average molecular weight is 573 g/mol. The van der Waals surface area contributed by atoms with E-state index in [0.717, 1.165) is 62.9 Å². The minimum absolute atomic E-state index is 0.0793. The van der Waals surface area contributed by atoms with Gasteiger partial charge in [-0.15, -0.1) is 0 Å². The lowest BCUT2D eigenvalue weighted by Gasteiger charge is -2.17. The molecule has 43 heavy (non-hydrogen) atoms. The van der Waals surface area contributed by atoms with E-state index < -0.39 is 5.97 Å². The van der Waals surface area contributed by atoms with Crippen molar-refractivity contribution in [3.63, 3.8) is 0 Å². The first-order chi connectivity index (χ1) is 20.5. The van der Waals surface area contributed by atoms with Gasteiger partial charge in [0, 0.05) is 28.0 Å². The first-order valence-corrected chi connectivity index (χ1v) is 14.7. The zero-order valence-corrected chi connectivity index (χ0v) is 25.5. The third kappa shape index (κ3) is 5.55. The van der Waals surface area contributed by atoms with Crippen LogP contribution in [0.3, 0.4) is 0 Å². The summed E-state index contributed by atoms with van der Waals surface area (Å²) in [5, 5.41) is 14.9. The second kappa shape index (κ2) is 10.8. The summed E-state index contributed by atoms with van der Waals surface area (Å²) in [6.45, 7) is 12.7. The fourth-order valence-corrected chi connectivity index (χ4v) is 6.20. The number of fused-ring (bicyclic) bond motifs is 5. The molecule has 0 amide bonds. The van der Waals surface area contributed by atoms with E-state index in [9.17, 15) is 9.90 Å². The molecule has 1 saturated heterocycles. The van der Waals surface area contributed by atoms with E-state index in [-0.39, 0.29) is 24.2 Å². The van der Waals surface area contributed by atoms with Crippen molar-refractivity contribution < 1.29 is 14.6 Å². The number of hydrogen-bond donors (Lipinski definition) is 2. The second-order valence-electron chi connectivity index (χ2n) is 12.1. The fourth-order valence-electron chi connectivity index (χ4n) is 6.20. The van der Waals surface area contributed by atoms with Crippen LogP contribution in [0.1, 0.15) is 55.9 Å². The molecule has 5 heterocycles. The molecule has 1 aromatic rings. The van der Waals surface area contributed by atoms with E-state index in [0.29, 0.717) is 17.0 Å². The number of ether oxygens (including phenoxy) is 1. The topological polar surface area (TPSA) is 95.6 Å². The molecule has 5 aliphatic rings. The Labute approximate surface area is 252 Å². The maximum atomic E-state index is 12.4. The van der Waals surface area contributed by atoms with E-state index in [1.807, 2.05) is 42.5 Å². The Hall–Kier alpha value is -4.78. The van der Waals surface area contributed by atoms with Gasteiger partial charge in [-0.3, -0.25) is 4.79 Å². The van der Waals surface area contributed by atoms with Crippen molar-refractivity contribution in [3.05, 3.63) is 123 Å². The van der Waals surface area contributed by atoms with Crippen molar-refractivity contribution >= 4 is 28.7 Å². The van der Waals surface area contributed by atoms with E-state index in [2.05, 4.69) is 58.1 Å². The Bertz CT molecular complexity index is 1790. The van der Waals surface area contributed by atoms with Crippen molar-refractivity contribution in [2.24, 2.45) is 20.4 Å². The number of hydrogen-bond acceptors (Lipinski definition) is 7. The summed E-state index contributed by atoms with van der Waals surface area (Å²) in [5.74, 6) is -0.567. The van der Waals surface area contributed by atoms with Crippen LogP contribution in [0.5, 0.6) is 0 Å². The third-order valence-electron chi connectivity index (χ3n) is 8.07. The van der Waals surface area contributed by atoms with Crippen molar-refractivity contribution in [2.75, 3.05) is 6.61 Å². The van der Waals surface area contributed by atoms with Crippen LogP contribution in [0.4, 0.5) is 0 Å². The predicted octanol–water partition coefficient (Wildman–Crippen LogP) is 7.13. The van der Waals surface area contributed by atoms with Gasteiger partial charge < -0.3 is 15.2 Å². The smallest absolute Gasteiger partial charge is 0.313 e. The van der Waals surface area contributed by atoms with Crippen LogP contribution < -0.4 is 5.32 Å². The molecule has 0 spiro atoms. The first kappa shape index (κ1) is 28.3. The van der Waals surface area contributed by atoms with Crippen LogP contribution >= 0.6 is 0 Å². The lowest BCUT2D eigenvalue weighted by atomic mass is 9.87. The van der Waals surface area contributed by atoms with E-state index in [1.165, 1.54) is 5.56 Å². The molecule has 0 aliphatic carbocycles. The monoisotopic (exact) mass is 572 g/mol. The highest BCUT2D eigenvalue weighted by Gasteiger charge is 2.34. The zero-order valence-electron chi connectivity index (χ0n) is 25.5. The van der Waals surface area contributed by atoms with Crippen LogP contribution in [-0.2, 0) is 9.53 Å². The molecular weight excluding hydrogens is 536 g/mol. The van der Waals surface area contributed by atoms with Crippen molar-refractivity contribution in [1.82, 2.24) is 5.32 Å². The maximum absolute atomic E-state index is 12.4. The Morgan fingerprint density at radius 1 is 0.953 bits per heavy atom. The van der Waals surface area contributed by atoms with Gasteiger partial charge in [-0.1, -0.05) is 31.5 Å². The quantitative estimate of drug-likeness (QED) is 0.296. The Balaban J connectivity index is 1.62. The molecule has 8 bridgehead atoms. The number of rotatable bonds is 4. The van der Waals surface area contributed by atoms with Crippen molar-refractivity contribution in [1.29, 1.82) is 0 Å². The van der Waals surface area contributed by atoms with Gasteiger partial charge >= 0.3 is 5.97 Å². The van der Waals surface area contributed by atoms with E-state index >= 15 is 0 Å². The Morgan fingerprint density at radius 2 is 1.67 bits per heavy atom. The molecule has 2 N–H and O–H groups in total. The van der Waals surface area contributed by atoms with E-state index in [1.54, 1.807) is 6.92 Å². The standard InChI is InChI=1S/C36H36N4O3/c1-7-43-33(42)18-31(41)27-17-30-35(34-21(3)12-20(2)13-22(34)4)28-11-10-24(38-28)14-23-8-9-25(37-23)16-32-36(5,6)19-26(39-32)15-29(27)40-30/h8-17,39,41H,7,18-19H2,1-6H3/b23-14?,26-15?,31-27-,32-16?,35-28?. The number of carbonyl (C=O) groups excluding carboxylic acids is 1. The van der Waals surface area contributed by atoms with Gasteiger partial charge in [-0.2, -0.15) is 0 Å². The molecule has 5 aliphatic heterocycles. The number of aliphatic hydroxyl groups is 1. The minimum Gasteiger partial charge on any atom is -0.511 e. The molecular formula is C36H36N4O3. The molecule has 0 aromatic heterocycles. The average Bonchev–Trinajstić information content (AvgIpc) is 3.70. The van der Waals surface area contributed by atoms with Gasteiger partial charge in [0.25, 0.3) is 0 Å². The SMILES string of the molecule is CCOC(=O)C/C(O)=C1\C=C2N=C1C=C1CC(C)(C)C(=CC3=NC(=CC4=NC(=C2c2c(C)cc(C)cc2C)C=C4)C=C3)N1. The number of nitrogens with one attached hydrogen (secondary N) is 1. The molecule has 1 aromatic carbocycles. The summed E-state index contributed by atoms with van der Waals surface area (Å²) in [6.07, 6.45) is 16.4. The predicted molar refractivity (Wildman–Crippen MR) is 173 cm³/mol. The largest absolute Gasteiger partial charge is 0.511 e. The van der Waals surface area contributed by atoms with Crippen molar-refractivity contribution in [3.8, 4) is 0 Å². The van der Waals surface area contributed by atoms with Gasteiger partial charge in [-0.05, 0) is 99.4 Å². The van der Waals surface area contributed by atoms with Gasteiger partial charge in [-0.25, -0.2) is 15.0 Å². The minimum atomic E-state index is -0.487. The highest BCUT2D eigenvalue weighted by molar-refractivity contribution is 6.16. The molecule has 7 heteroatoms. The van der Waals surface area contributed by atoms with Crippen LogP contribution in [0.15, 0.2) is 116 Å². The molecule has 0 unspecified atom stereocenters. The van der Waals surface area contributed by atoms with Gasteiger partial charge in [0.1, 0.15) is 12.2 Å². The maximum Gasteiger partial charge on any atom is 0.313 e. The third-order valence-corrected chi connectivity index (χ3v) is 8.07. The van der Waals surface area contributed by atoms with Gasteiger partial charge in [0.05, 0.1) is 40.8 Å². The second-order valence-corrected chi connectivity index (χ2v) is 12.1.